The molecule has 0 aliphatic carbocycles. The Morgan fingerprint density at radius 2 is 1.93 bits per heavy atom. The van der Waals surface area contributed by atoms with Gasteiger partial charge in [-0.3, -0.25) is 4.99 Å². The summed E-state index contributed by atoms with van der Waals surface area (Å²) in [5.41, 5.74) is 0.00573. The lowest BCUT2D eigenvalue weighted by Crippen LogP contribution is -2.39. The molecule has 10 heteroatoms. The average Bonchev–Trinajstić information content (AvgIpc) is 2.68. The second kappa shape index (κ2) is 10.3. The van der Waals surface area contributed by atoms with Gasteiger partial charge in [0, 0.05) is 38.4 Å². The fourth-order valence-corrected chi connectivity index (χ4v) is 2.30. The zero-order chi connectivity index (χ0) is 20.4. The van der Waals surface area contributed by atoms with Crippen molar-refractivity contribution in [2.75, 3.05) is 32.1 Å². The van der Waals surface area contributed by atoms with Crippen molar-refractivity contribution < 1.29 is 17.9 Å². The van der Waals surface area contributed by atoms with Crippen LogP contribution in [-0.2, 0) is 12.7 Å². The van der Waals surface area contributed by atoms with Crippen LogP contribution in [0.3, 0.4) is 0 Å². The number of nitrogens with one attached hydrogen (secondary N) is 3. The number of hydrogen-bond acceptors (Lipinski definition) is 5. The molecule has 1 heterocycles. The first kappa shape index (κ1) is 21.3. The number of guanidine groups is 1. The molecule has 0 fully saturated rings. The van der Waals surface area contributed by atoms with E-state index in [1.54, 1.807) is 7.05 Å². The van der Waals surface area contributed by atoms with Crippen LogP contribution in [-0.4, -0.2) is 42.7 Å². The van der Waals surface area contributed by atoms with Gasteiger partial charge in [0.1, 0.15) is 11.4 Å². The normalized spacial score (nSPS) is 11.8. The number of rotatable bonds is 8. The highest BCUT2D eigenvalue weighted by molar-refractivity contribution is 5.79. The third-order valence-corrected chi connectivity index (χ3v) is 3.59. The summed E-state index contributed by atoms with van der Waals surface area (Å²) in [5.74, 6) is 1.28. The first-order valence-corrected chi connectivity index (χ1v) is 8.73. The van der Waals surface area contributed by atoms with Gasteiger partial charge < -0.3 is 20.7 Å². The average molecular weight is 396 g/mol. The highest BCUT2D eigenvalue weighted by atomic mass is 19.4. The zero-order valence-corrected chi connectivity index (χ0v) is 15.7. The lowest BCUT2D eigenvalue weighted by atomic mass is 10.2. The lowest BCUT2D eigenvalue weighted by Gasteiger charge is -2.14. The molecule has 0 amide bonds. The summed E-state index contributed by atoms with van der Waals surface area (Å²) in [6.07, 6.45) is -3.43. The van der Waals surface area contributed by atoms with Crippen LogP contribution in [0.2, 0.25) is 0 Å². The van der Waals surface area contributed by atoms with Gasteiger partial charge in [0.2, 0.25) is 5.95 Å². The Balaban J connectivity index is 1.79. The monoisotopic (exact) mass is 396 g/mol. The predicted octanol–water partition coefficient (Wildman–Crippen LogP) is 2.67. The van der Waals surface area contributed by atoms with Gasteiger partial charge in [0.15, 0.2) is 5.96 Å². The van der Waals surface area contributed by atoms with E-state index < -0.39 is 11.9 Å². The number of benzene rings is 1. The molecule has 152 valence electrons. The smallest absolute Gasteiger partial charge is 0.433 e. The van der Waals surface area contributed by atoms with Crippen LogP contribution in [0.1, 0.15) is 18.2 Å². The molecule has 28 heavy (non-hydrogen) atoms. The first-order valence-electron chi connectivity index (χ1n) is 8.73. The van der Waals surface area contributed by atoms with E-state index in [4.69, 9.17) is 4.74 Å². The van der Waals surface area contributed by atoms with Crippen LogP contribution >= 0.6 is 0 Å². The topological polar surface area (TPSA) is 83.5 Å². The van der Waals surface area contributed by atoms with Crippen molar-refractivity contribution in [2.45, 2.75) is 19.6 Å². The van der Waals surface area contributed by atoms with E-state index >= 15 is 0 Å². The van der Waals surface area contributed by atoms with Gasteiger partial charge >= 0.3 is 6.18 Å². The molecular formula is C18H23F3N6O. The van der Waals surface area contributed by atoms with Crippen molar-refractivity contribution in [1.82, 2.24) is 20.6 Å². The Labute approximate surface area is 161 Å². The first-order chi connectivity index (χ1) is 13.4. The van der Waals surface area contributed by atoms with Gasteiger partial charge in [0.05, 0.1) is 6.61 Å². The Bertz CT molecular complexity index is 782. The van der Waals surface area contributed by atoms with Crippen LogP contribution in [0.4, 0.5) is 19.1 Å². The minimum Gasteiger partial charge on any atom is -0.494 e. The molecule has 0 aliphatic rings. The van der Waals surface area contributed by atoms with E-state index in [2.05, 4.69) is 30.9 Å². The molecule has 2 aromatic rings. The molecule has 0 spiro atoms. The number of para-hydroxylation sites is 1. The van der Waals surface area contributed by atoms with Crippen LogP contribution in [0.5, 0.6) is 5.75 Å². The second-order valence-corrected chi connectivity index (χ2v) is 5.58. The third kappa shape index (κ3) is 6.60. The van der Waals surface area contributed by atoms with Crippen molar-refractivity contribution in [3.63, 3.8) is 0 Å². The van der Waals surface area contributed by atoms with Crippen molar-refractivity contribution in [3.05, 3.63) is 47.8 Å². The summed E-state index contributed by atoms with van der Waals surface area (Å²) in [4.78, 5) is 11.3. The molecule has 0 unspecified atom stereocenters. The van der Waals surface area contributed by atoms with E-state index in [0.717, 1.165) is 23.6 Å². The van der Waals surface area contributed by atoms with Gasteiger partial charge in [0.25, 0.3) is 0 Å². The Morgan fingerprint density at radius 1 is 1.14 bits per heavy atom. The predicted molar refractivity (Wildman–Crippen MR) is 101 cm³/mol. The van der Waals surface area contributed by atoms with Gasteiger partial charge in [-0.15, -0.1) is 0 Å². The number of nitrogens with zero attached hydrogens (tertiary/aromatic N) is 3. The van der Waals surface area contributed by atoms with Gasteiger partial charge in [-0.25, -0.2) is 9.97 Å². The van der Waals surface area contributed by atoms with E-state index in [1.165, 1.54) is 0 Å². The van der Waals surface area contributed by atoms with Crippen molar-refractivity contribution in [2.24, 2.45) is 4.99 Å². The molecule has 1 aromatic heterocycles. The highest BCUT2D eigenvalue weighted by Gasteiger charge is 2.32. The number of hydrogen-bond donors (Lipinski definition) is 3. The van der Waals surface area contributed by atoms with Gasteiger partial charge in [-0.1, -0.05) is 18.2 Å². The molecule has 0 saturated heterocycles. The maximum absolute atomic E-state index is 12.6. The molecular weight excluding hydrogens is 373 g/mol. The Hall–Kier alpha value is -3.04. The molecule has 0 saturated carbocycles. The van der Waals surface area contributed by atoms with Crippen LogP contribution < -0.4 is 20.7 Å². The fraction of sp³-hybridized carbons (Fsp3) is 0.389. The lowest BCUT2D eigenvalue weighted by molar-refractivity contribution is -0.141. The molecule has 2 rings (SSSR count). The second-order valence-electron chi connectivity index (χ2n) is 5.58. The standard InChI is InChI=1S/C18H23F3N6O/c1-3-28-14-7-5-4-6-13(14)12-26-16(22-2)24-10-11-25-17-23-9-8-15(27-17)18(19,20)21/h4-9H,3,10-12H2,1-2H3,(H2,22,24,26)(H,23,25,27). The minimum atomic E-state index is -4.50. The summed E-state index contributed by atoms with van der Waals surface area (Å²) in [6.45, 7) is 3.74. The Morgan fingerprint density at radius 3 is 2.64 bits per heavy atom. The summed E-state index contributed by atoms with van der Waals surface area (Å²) >= 11 is 0. The summed E-state index contributed by atoms with van der Waals surface area (Å²) in [7, 11) is 1.63. The molecule has 0 radical (unpaired) electrons. The number of halogens is 3. The maximum atomic E-state index is 12.6. The number of alkyl halides is 3. The highest BCUT2D eigenvalue weighted by Crippen LogP contribution is 2.27. The molecule has 0 atom stereocenters. The minimum absolute atomic E-state index is 0.0785. The van der Waals surface area contributed by atoms with E-state index in [1.807, 2.05) is 31.2 Å². The largest absolute Gasteiger partial charge is 0.494 e. The zero-order valence-electron chi connectivity index (χ0n) is 15.7. The van der Waals surface area contributed by atoms with Crippen molar-refractivity contribution >= 4 is 11.9 Å². The van der Waals surface area contributed by atoms with Crippen LogP contribution in [0.15, 0.2) is 41.5 Å². The third-order valence-electron chi connectivity index (χ3n) is 3.59. The quantitative estimate of drug-likeness (QED) is 0.362. The van der Waals surface area contributed by atoms with Crippen molar-refractivity contribution in [1.29, 1.82) is 0 Å². The molecule has 3 N–H and O–H groups in total. The fourth-order valence-electron chi connectivity index (χ4n) is 2.30. The molecule has 7 nitrogen and oxygen atoms in total. The number of anilines is 1. The SMILES string of the molecule is CCOc1ccccc1CNC(=NC)NCCNc1nccc(C(F)(F)F)n1. The van der Waals surface area contributed by atoms with Gasteiger partial charge in [-0.2, -0.15) is 13.2 Å². The number of ether oxygens (including phenoxy) is 1. The van der Waals surface area contributed by atoms with E-state index in [9.17, 15) is 13.2 Å². The van der Waals surface area contributed by atoms with E-state index in [0.29, 0.717) is 32.2 Å². The summed E-state index contributed by atoms with van der Waals surface area (Å²) < 4.78 is 43.5. The molecule has 1 aromatic carbocycles. The molecule has 0 bridgehead atoms. The van der Waals surface area contributed by atoms with E-state index in [-0.39, 0.29) is 5.95 Å². The van der Waals surface area contributed by atoms with Crippen LogP contribution in [0.25, 0.3) is 0 Å². The van der Waals surface area contributed by atoms with Crippen LogP contribution in [0, 0.1) is 0 Å². The number of aromatic nitrogens is 2. The molecule has 0 aliphatic heterocycles. The summed E-state index contributed by atoms with van der Waals surface area (Å²) in [5, 5.41) is 8.98. The van der Waals surface area contributed by atoms with Gasteiger partial charge in [-0.05, 0) is 19.1 Å². The summed E-state index contributed by atoms with van der Waals surface area (Å²) in [6, 6.07) is 8.51. The van der Waals surface area contributed by atoms with Crippen molar-refractivity contribution in [3.8, 4) is 5.75 Å². The number of aliphatic imine (C=N–C) groups is 1. The maximum Gasteiger partial charge on any atom is 0.433 e. The Kier molecular flexibility index (Phi) is 7.85.